The van der Waals surface area contributed by atoms with Gasteiger partial charge >= 0.3 is 0 Å². The first-order valence-corrected chi connectivity index (χ1v) is 5.09. The molecule has 12 heavy (non-hydrogen) atoms. The molecule has 1 saturated carbocycles. The molecule has 2 nitrogen and oxygen atoms in total. The van der Waals surface area contributed by atoms with Gasteiger partial charge in [-0.2, -0.15) is 0 Å². The summed E-state index contributed by atoms with van der Waals surface area (Å²) in [5.74, 6) is 0.612. The Balaban J connectivity index is 2.36. The van der Waals surface area contributed by atoms with Crippen molar-refractivity contribution in [3.05, 3.63) is 0 Å². The molecule has 0 aromatic carbocycles. The highest BCUT2D eigenvalue weighted by molar-refractivity contribution is 4.76. The molecule has 0 spiro atoms. The van der Waals surface area contributed by atoms with E-state index in [4.69, 9.17) is 10.5 Å². The lowest BCUT2D eigenvalue weighted by molar-refractivity contribution is -0.0423. The van der Waals surface area contributed by atoms with E-state index in [1.165, 1.54) is 25.7 Å². The van der Waals surface area contributed by atoms with Crippen molar-refractivity contribution >= 4 is 0 Å². The van der Waals surface area contributed by atoms with Crippen LogP contribution in [-0.4, -0.2) is 18.8 Å². The fraction of sp³-hybridized carbons (Fsp3) is 1.00. The molecule has 2 atom stereocenters. The summed E-state index contributed by atoms with van der Waals surface area (Å²) in [7, 11) is 0. The van der Waals surface area contributed by atoms with Gasteiger partial charge in [0.1, 0.15) is 0 Å². The van der Waals surface area contributed by atoms with E-state index in [-0.39, 0.29) is 0 Å². The van der Waals surface area contributed by atoms with E-state index in [9.17, 15) is 0 Å². The summed E-state index contributed by atoms with van der Waals surface area (Å²) in [4.78, 5) is 0. The molecule has 2 N–H and O–H groups in total. The van der Waals surface area contributed by atoms with Gasteiger partial charge in [0.15, 0.2) is 0 Å². The van der Waals surface area contributed by atoms with E-state index in [0.717, 1.165) is 6.54 Å². The molecule has 1 aliphatic carbocycles. The van der Waals surface area contributed by atoms with Crippen LogP contribution in [0.3, 0.4) is 0 Å². The van der Waals surface area contributed by atoms with Crippen LogP contribution in [0.5, 0.6) is 0 Å². The van der Waals surface area contributed by atoms with Crippen molar-refractivity contribution in [1.82, 2.24) is 0 Å². The van der Waals surface area contributed by atoms with Crippen molar-refractivity contribution in [3.63, 3.8) is 0 Å². The molecular weight excluding hydrogens is 150 g/mol. The first-order valence-electron chi connectivity index (χ1n) is 5.09. The first kappa shape index (κ1) is 10.0. The Morgan fingerprint density at radius 2 is 2.00 bits per heavy atom. The number of rotatable bonds is 3. The lowest BCUT2D eigenvalue weighted by Gasteiger charge is -2.31. The van der Waals surface area contributed by atoms with Crippen molar-refractivity contribution in [2.24, 2.45) is 11.7 Å². The molecule has 0 amide bonds. The highest BCUT2D eigenvalue weighted by Gasteiger charge is 2.24. The van der Waals surface area contributed by atoms with Gasteiger partial charge < -0.3 is 10.5 Å². The van der Waals surface area contributed by atoms with E-state index in [1.54, 1.807) is 0 Å². The molecule has 0 radical (unpaired) electrons. The number of hydrogen-bond acceptors (Lipinski definition) is 2. The summed E-state index contributed by atoms with van der Waals surface area (Å²) in [5.41, 5.74) is 5.69. The quantitative estimate of drug-likeness (QED) is 0.704. The second-order valence-corrected chi connectivity index (χ2v) is 4.00. The number of ether oxygens (including phenoxy) is 1. The molecule has 1 fully saturated rings. The van der Waals surface area contributed by atoms with Crippen LogP contribution in [0.2, 0.25) is 0 Å². The standard InChI is InChI=1S/C10H21NO/c1-8(2)12-10-6-4-3-5-9(10)7-11/h8-10H,3-7,11H2,1-2H3. The predicted octanol–water partition coefficient (Wildman–Crippen LogP) is 1.93. The molecule has 1 aliphatic rings. The summed E-state index contributed by atoms with van der Waals surface area (Å²) < 4.78 is 5.81. The SMILES string of the molecule is CC(C)OC1CCCCC1CN. The van der Waals surface area contributed by atoms with Crippen molar-refractivity contribution in [2.45, 2.75) is 51.7 Å². The third kappa shape index (κ3) is 2.76. The van der Waals surface area contributed by atoms with Gasteiger partial charge in [-0.15, -0.1) is 0 Å². The lowest BCUT2D eigenvalue weighted by atomic mass is 9.86. The van der Waals surface area contributed by atoms with Gasteiger partial charge in [-0.05, 0) is 39.2 Å². The monoisotopic (exact) mass is 171 g/mol. The maximum atomic E-state index is 5.81. The summed E-state index contributed by atoms with van der Waals surface area (Å²) >= 11 is 0. The minimum absolute atomic E-state index is 0.349. The zero-order valence-electron chi connectivity index (χ0n) is 8.25. The molecule has 0 aliphatic heterocycles. The zero-order valence-corrected chi connectivity index (χ0v) is 8.25. The molecule has 0 heterocycles. The second-order valence-electron chi connectivity index (χ2n) is 4.00. The summed E-state index contributed by atoms with van der Waals surface area (Å²) in [6.45, 7) is 4.99. The van der Waals surface area contributed by atoms with Crippen LogP contribution in [0.25, 0.3) is 0 Å². The average molecular weight is 171 g/mol. The average Bonchev–Trinajstić information content (AvgIpc) is 2.04. The first-order chi connectivity index (χ1) is 5.74. The Labute approximate surface area is 75.5 Å². The van der Waals surface area contributed by atoms with Gasteiger partial charge in [-0.25, -0.2) is 0 Å². The van der Waals surface area contributed by atoms with Crippen LogP contribution in [0, 0.1) is 5.92 Å². The van der Waals surface area contributed by atoms with Crippen LogP contribution in [0.15, 0.2) is 0 Å². The van der Waals surface area contributed by atoms with Gasteiger partial charge in [-0.3, -0.25) is 0 Å². The van der Waals surface area contributed by atoms with Crippen LogP contribution >= 0.6 is 0 Å². The lowest BCUT2D eigenvalue weighted by Crippen LogP contribution is -2.34. The largest absolute Gasteiger partial charge is 0.375 e. The highest BCUT2D eigenvalue weighted by atomic mass is 16.5. The predicted molar refractivity (Wildman–Crippen MR) is 51.0 cm³/mol. The van der Waals surface area contributed by atoms with Crippen LogP contribution in [-0.2, 0) is 4.74 Å². The second kappa shape index (κ2) is 4.83. The van der Waals surface area contributed by atoms with Crippen LogP contribution in [0.1, 0.15) is 39.5 Å². The van der Waals surface area contributed by atoms with Crippen molar-refractivity contribution in [1.29, 1.82) is 0 Å². The molecule has 2 heteroatoms. The molecule has 0 aromatic heterocycles. The highest BCUT2D eigenvalue weighted by Crippen LogP contribution is 2.26. The fourth-order valence-electron chi connectivity index (χ4n) is 1.97. The minimum Gasteiger partial charge on any atom is -0.375 e. The smallest absolute Gasteiger partial charge is 0.0618 e. The minimum atomic E-state index is 0.349. The zero-order chi connectivity index (χ0) is 8.97. The summed E-state index contributed by atoms with van der Waals surface area (Å²) in [6, 6.07) is 0. The molecule has 0 aromatic rings. The van der Waals surface area contributed by atoms with Gasteiger partial charge in [0.25, 0.3) is 0 Å². The maximum Gasteiger partial charge on any atom is 0.0618 e. The molecule has 2 unspecified atom stereocenters. The Morgan fingerprint density at radius 3 is 2.58 bits per heavy atom. The van der Waals surface area contributed by atoms with Crippen molar-refractivity contribution in [3.8, 4) is 0 Å². The van der Waals surface area contributed by atoms with Crippen molar-refractivity contribution < 1.29 is 4.74 Å². The molecule has 0 bridgehead atoms. The molecule has 72 valence electrons. The van der Waals surface area contributed by atoms with Crippen molar-refractivity contribution in [2.75, 3.05) is 6.54 Å². The number of nitrogens with two attached hydrogens (primary N) is 1. The Bertz CT molecular complexity index is 125. The Hall–Kier alpha value is -0.0800. The van der Waals surface area contributed by atoms with Crippen LogP contribution < -0.4 is 5.73 Å². The topological polar surface area (TPSA) is 35.2 Å². The molecule has 1 rings (SSSR count). The Morgan fingerprint density at radius 1 is 1.33 bits per heavy atom. The van der Waals surface area contributed by atoms with E-state index in [0.29, 0.717) is 18.1 Å². The maximum absolute atomic E-state index is 5.81. The third-order valence-corrected chi connectivity index (χ3v) is 2.59. The Kier molecular flexibility index (Phi) is 4.02. The summed E-state index contributed by atoms with van der Waals surface area (Å²) in [5, 5.41) is 0. The molecular formula is C10H21NO. The van der Waals surface area contributed by atoms with Gasteiger partial charge in [-0.1, -0.05) is 12.8 Å². The van der Waals surface area contributed by atoms with Crippen LogP contribution in [0.4, 0.5) is 0 Å². The van der Waals surface area contributed by atoms with E-state index in [1.807, 2.05) is 0 Å². The van der Waals surface area contributed by atoms with Gasteiger partial charge in [0, 0.05) is 0 Å². The molecule has 0 saturated heterocycles. The van der Waals surface area contributed by atoms with E-state index in [2.05, 4.69) is 13.8 Å². The third-order valence-electron chi connectivity index (χ3n) is 2.59. The van der Waals surface area contributed by atoms with Gasteiger partial charge in [0.05, 0.1) is 12.2 Å². The summed E-state index contributed by atoms with van der Waals surface area (Å²) in [6.07, 6.45) is 5.90. The van der Waals surface area contributed by atoms with E-state index < -0.39 is 0 Å². The normalized spacial score (nSPS) is 31.0. The number of hydrogen-bond donors (Lipinski definition) is 1. The van der Waals surface area contributed by atoms with E-state index >= 15 is 0 Å². The van der Waals surface area contributed by atoms with Gasteiger partial charge in [0.2, 0.25) is 0 Å². The fourth-order valence-corrected chi connectivity index (χ4v) is 1.97.